The van der Waals surface area contributed by atoms with Crippen LogP contribution in [-0.4, -0.2) is 0 Å². The Labute approximate surface area is 119 Å². The van der Waals surface area contributed by atoms with Gasteiger partial charge in [-0.25, -0.2) is 0 Å². The number of rotatable bonds is 8. The van der Waals surface area contributed by atoms with E-state index < -0.39 is 0 Å². The zero-order valence-corrected chi connectivity index (χ0v) is 12.8. The summed E-state index contributed by atoms with van der Waals surface area (Å²) in [6.45, 7) is 6.62. The minimum Gasteiger partial charge on any atom is -0.126 e. The first-order valence-electron chi connectivity index (χ1n) is 7.74. The number of unbranched alkanes of at least 4 members (excludes halogenated alkanes) is 2. The zero-order chi connectivity index (χ0) is 13.9. The Morgan fingerprint density at radius 3 is 2.42 bits per heavy atom. The van der Waals surface area contributed by atoms with Crippen molar-refractivity contribution in [2.24, 2.45) is 0 Å². The fourth-order valence-electron chi connectivity index (χ4n) is 2.07. The first-order chi connectivity index (χ1) is 9.26. The predicted octanol–water partition coefficient (Wildman–Crippen LogP) is 6.00. The fraction of sp³-hybridized carbons (Fsp3) is 0.526. The molecule has 0 heterocycles. The average molecular weight is 256 g/mol. The van der Waals surface area contributed by atoms with Crippen molar-refractivity contribution >= 4 is 0 Å². The highest BCUT2D eigenvalue weighted by molar-refractivity contribution is 5.22. The van der Waals surface area contributed by atoms with E-state index in [1.807, 2.05) is 0 Å². The number of benzene rings is 1. The third-order valence-electron chi connectivity index (χ3n) is 3.41. The van der Waals surface area contributed by atoms with Crippen LogP contribution in [0, 0.1) is 6.92 Å². The Hall–Kier alpha value is -1.26. The van der Waals surface area contributed by atoms with Crippen molar-refractivity contribution in [2.45, 2.75) is 65.7 Å². The molecule has 0 heteroatoms. The maximum absolute atomic E-state index is 3.53. The van der Waals surface area contributed by atoms with Gasteiger partial charge in [-0.2, -0.15) is 0 Å². The summed E-state index contributed by atoms with van der Waals surface area (Å²) >= 11 is 0. The van der Waals surface area contributed by atoms with Gasteiger partial charge in [0.2, 0.25) is 0 Å². The van der Waals surface area contributed by atoms with E-state index in [1.165, 1.54) is 42.4 Å². The van der Waals surface area contributed by atoms with Crippen LogP contribution in [0.25, 0.3) is 0 Å². The molecule has 0 saturated heterocycles. The van der Waals surface area contributed by atoms with Gasteiger partial charge in [-0.3, -0.25) is 0 Å². The van der Waals surface area contributed by atoms with Crippen LogP contribution in [-0.2, 0) is 6.42 Å². The van der Waals surface area contributed by atoms with Crippen LogP contribution in [0.4, 0.5) is 0 Å². The van der Waals surface area contributed by atoms with E-state index in [1.54, 1.807) is 0 Å². The normalized spacial score (nSPS) is 10.1. The van der Waals surface area contributed by atoms with Crippen molar-refractivity contribution in [3.8, 4) is 0 Å². The van der Waals surface area contributed by atoms with Crippen LogP contribution in [0.2, 0.25) is 0 Å². The molecule has 0 bridgehead atoms. The van der Waals surface area contributed by atoms with Gasteiger partial charge in [-0.1, -0.05) is 56.5 Å². The molecule has 0 radical (unpaired) electrons. The summed E-state index contributed by atoms with van der Waals surface area (Å²) < 4.78 is 0. The Morgan fingerprint density at radius 1 is 1.05 bits per heavy atom. The van der Waals surface area contributed by atoms with Crippen LogP contribution in [0.3, 0.4) is 0 Å². The highest BCUT2D eigenvalue weighted by Crippen LogP contribution is 2.15. The molecule has 0 aliphatic heterocycles. The van der Waals surface area contributed by atoms with Gasteiger partial charge in [0.25, 0.3) is 0 Å². The molecular weight excluding hydrogens is 228 g/mol. The molecule has 0 spiro atoms. The van der Waals surface area contributed by atoms with Crippen molar-refractivity contribution < 1.29 is 0 Å². The number of aryl methyl sites for hydroxylation is 2. The Morgan fingerprint density at radius 2 is 1.79 bits per heavy atom. The summed E-state index contributed by atoms with van der Waals surface area (Å²) in [7, 11) is 0. The highest BCUT2D eigenvalue weighted by Gasteiger charge is 1.98. The van der Waals surface area contributed by atoms with E-state index >= 15 is 0 Å². The topological polar surface area (TPSA) is 0 Å². The fourth-order valence-corrected chi connectivity index (χ4v) is 2.07. The summed E-state index contributed by atoms with van der Waals surface area (Å²) in [6.07, 6.45) is 10.7. The molecule has 0 aromatic heterocycles. The molecule has 0 saturated carbocycles. The van der Waals surface area contributed by atoms with Crippen LogP contribution in [0.1, 0.15) is 63.5 Å². The zero-order valence-electron chi connectivity index (χ0n) is 12.8. The van der Waals surface area contributed by atoms with E-state index in [0.717, 1.165) is 19.3 Å². The summed E-state index contributed by atoms with van der Waals surface area (Å²) in [5.41, 5.74) is 7.81. The van der Waals surface area contributed by atoms with Crippen LogP contribution < -0.4 is 0 Å². The number of allylic oxidation sites excluding steroid dienone is 1. The summed E-state index contributed by atoms with van der Waals surface area (Å²) in [5, 5.41) is 0. The molecule has 104 valence electrons. The van der Waals surface area contributed by atoms with Gasteiger partial charge in [0.1, 0.15) is 0 Å². The molecule has 0 unspecified atom stereocenters. The lowest BCUT2D eigenvalue weighted by molar-refractivity contribution is 0.750. The van der Waals surface area contributed by atoms with Crippen molar-refractivity contribution in [3.05, 3.63) is 52.8 Å². The molecule has 0 aliphatic rings. The van der Waals surface area contributed by atoms with Gasteiger partial charge < -0.3 is 0 Å². The Balaban J connectivity index is 2.56. The summed E-state index contributed by atoms with van der Waals surface area (Å²) in [6, 6.07) is 8.92. The molecule has 0 atom stereocenters. The lowest BCUT2D eigenvalue weighted by atomic mass is 10.00. The summed E-state index contributed by atoms with van der Waals surface area (Å²) in [4.78, 5) is 0. The first-order valence-corrected chi connectivity index (χ1v) is 7.74. The van der Waals surface area contributed by atoms with E-state index in [-0.39, 0.29) is 0 Å². The minimum absolute atomic E-state index is 1.15. The second-order valence-corrected chi connectivity index (χ2v) is 5.33. The molecular formula is C19H28. The third-order valence-corrected chi connectivity index (χ3v) is 3.41. The predicted molar refractivity (Wildman–Crippen MR) is 85.5 cm³/mol. The first kappa shape index (κ1) is 15.8. The van der Waals surface area contributed by atoms with Crippen LogP contribution in [0.5, 0.6) is 0 Å². The SMILES string of the molecule is CCCC=C=C(CCCC)CCc1ccc(C)cc1. The Bertz CT molecular complexity index is 402. The van der Waals surface area contributed by atoms with E-state index in [4.69, 9.17) is 0 Å². The van der Waals surface area contributed by atoms with E-state index in [9.17, 15) is 0 Å². The molecule has 0 nitrogen and oxygen atoms in total. The quantitative estimate of drug-likeness (QED) is 0.500. The summed E-state index contributed by atoms with van der Waals surface area (Å²) in [5.74, 6) is 0. The average Bonchev–Trinajstić information content (AvgIpc) is 2.43. The Kier molecular flexibility index (Phi) is 8.02. The van der Waals surface area contributed by atoms with Gasteiger partial charge in [-0.15, -0.1) is 5.73 Å². The smallest absolute Gasteiger partial charge is 0.0203 e. The number of hydrogen-bond donors (Lipinski definition) is 0. The van der Waals surface area contributed by atoms with Crippen molar-refractivity contribution in [3.63, 3.8) is 0 Å². The molecule has 0 aliphatic carbocycles. The van der Waals surface area contributed by atoms with Crippen LogP contribution >= 0.6 is 0 Å². The van der Waals surface area contributed by atoms with E-state index in [0.29, 0.717) is 0 Å². The lowest BCUT2D eigenvalue weighted by Gasteiger charge is -2.05. The van der Waals surface area contributed by atoms with Gasteiger partial charge in [0.15, 0.2) is 0 Å². The van der Waals surface area contributed by atoms with E-state index in [2.05, 4.69) is 56.8 Å². The van der Waals surface area contributed by atoms with Gasteiger partial charge >= 0.3 is 0 Å². The van der Waals surface area contributed by atoms with Crippen molar-refractivity contribution in [1.82, 2.24) is 0 Å². The monoisotopic (exact) mass is 256 g/mol. The third kappa shape index (κ3) is 7.03. The molecule has 1 aromatic carbocycles. The molecule has 1 aromatic rings. The van der Waals surface area contributed by atoms with Gasteiger partial charge in [0, 0.05) is 0 Å². The largest absolute Gasteiger partial charge is 0.126 e. The maximum atomic E-state index is 3.53. The minimum atomic E-state index is 1.15. The molecule has 0 N–H and O–H groups in total. The van der Waals surface area contributed by atoms with Crippen LogP contribution in [0.15, 0.2) is 41.6 Å². The molecule has 0 fully saturated rings. The van der Waals surface area contributed by atoms with Gasteiger partial charge in [-0.05, 0) is 56.2 Å². The number of hydrogen-bond acceptors (Lipinski definition) is 0. The lowest BCUT2D eigenvalue weighted by Crippen LogP contribution is -1.89. The molecule has 19 heavy (non-hydrogen) atoms. The second kappa shape index (κ2) is 9.64. The second-order valence-electron chi connectivity index (χ2n) is 5.33. The standard InChI is InChI=1S/C19H28/c1-4-6-8-10-18(9-7-5-2)15-16-19-13-11-17(3)12-14-19/h8,11-14H,4-7,9,15-16H2,1-3H3. The van der Waals surface area contributed by atoms with Crippen molar-refractivity contribution in [2.75, 3.05) is 0 Å². The maximum Gasteiger partial charge on any atom is -0.0203 e. The molecule has 1 rings (SSSR count). The van der Waals surface area contributed by atoms with Gasteiger partial charge in [0.05, 0.1) is 0 Å². The van der Waals surface area contributed by atoms with Crippen molar-refractivity contribution in [1.29, 1.82) is 0 Å². The molecule has 0 amide bonds. The highest BCUT2D eigenvalue weighted by atomic mass is 14.0.